The van der Waals surface area contributed by atoms with Crippen LogP contribution in [0.1, 0.15) is 5.56 Å². The maximum Gasteiger partial charge on any atom is 0.137 e. The zero-order chi connectivity index (χ0) is 8.27. The molecule has 0 aliphatic heterocycles. The van der Waals surface area contributed by atoms with E-state index in [4.69, 9.17) is 11.5 Å². The summed E-state index contributed by atoms with van der Waals surface area (Å²) in [5, 5.41) is 0. The zero-order valence-electron chi connectivity index (χ0n) is 6.05. The van der Waals surface area contributed by atoms with Gasteiger partial charge in [-0.1, -0.05) is 0 Å². The molecule has 3 nitrogen and oxygen atoms in total. The lowest BCUT2D eigenvalue weighted by molar-refractivity contribution is 0.958. The normalized spacial score (nSPS) is 10.0. The van der Waals surface area contributed by atoms with Crippen molar-refractivity contribution in [3.8, 4) is 0 Å². The fourth-order valence-electron chi connectivity index (χ4n) is 0.791. The van der Waals surface area contributed by atoms with Crippen molar-refractivity contribution in [3.05, 3.63) is 22.3 Å². The molecule has 0 aliphatic rings. The Balaban J connectivity index is 2.86. The molecule has 0 aromatic carbocycles. The summed E-state index contributed by atoms with van der Waals surface area (Å²) in [5.41, 5.74) is 12.0. The van der Waals surface area contributed by atoms with Gasteiger partial charge in [0.05, 0.1) is 4.47 Å². The lowest BCUT2D eigenvalue weighted by atomic mass is 10.2. The van der Waals surface area contributed by atoms with Crippen LogP contribution in [0.3, 0.4) is 0 Å². The average molecular weight is 216 g/mol. The summed E-state index contributed by atoms with van der Waals surface area (Å²) in [4.78, 5) is 3.97. The van der Waals surface area contributed by atoms with Crippen molar-refractivity contribution in [1.82, 2.24) is 4.98 Å². The molecule has 0 radical (unpaired) electrons. The molecule has 0 saturated heterocycles. The molecule has 1 rings (SSSR count). The fourth-order valence-corrected chi connectivity index (χ4v) is 1.19. The van der Waals surface area contributed by atoms with Gasteiger partial charge >= 0.3 is 0 Å². The number of halogens is 1. The molecule has 0 amide bonds. The smallest absolute Gasteiger partial charge is 0.137 e. The van der Waals surface area contributed by atoms with Crippen molar-refractivity contribution in [2.45, 2.75) is 6.42 Å². The first-order chi connectivity index (χ1) is 5.24. The maximum absolute atomic E-state index is 5.50. The first kappa shape index (κ1) is 8.49. The van der Waals surface area contributed by atoms with Gasteiger partial charge in [0, 0.05) is 6.20 Å². The van der Waals surface area contributed by atoms with Crippen LogP contribution in [-0.4, -0.2) is 11.5 Å². The highest BCUT2D eigenvalue weighted by Gasteiger charge is 1.97. The molecule has 0 atom stereocenters. The van der Waals surface area contributed by atoms with Crippen molar-refractivity contribution < 1.29 is 0 Å². The van der Waals surface area contributed by atoms with Gasteiger partial charge in [-0.05, 0) is 40.5 Å². The second-order valence-electron chi connectivity index (χ2n) is 2.25. The topological polar surface area (TPSA) is 64.9 Å². The average Bonchev–Trinajstić information content (AvgIpc) is 1.98. The van der Waals surface area contributed by atoms with Crippen LogP contribution in [0.15, 0.2) is 16.7 Å². The van der Waals surface area contributed by atoms with E-state index >= 15 is 0 Å². The monoisotopic (exact) mass is 215 g/mol. The molecule has 4 N–H and O–H groups in total. The molecule has 0 fully saturated rings. The largest absolute Gasteiger partial charge is 0.383 e. The predicted octanol–water partition coefficient (Wildman–Crippen LogP) is 0.927. The minimum Gasteiger partial charge on any atom is -0.383 e. The molecule has 1 aromatic rings. The Hall–Kier alpha value is -0.610. The molecule has 0 unspecified atom stereocenters. The van der Waals surface area contributed by atoms with Crippen LogP contribution in [0.5, 0.6) is 0 Å². The molecule has 0 saturated carbocycles. The van der Waals surface area contributed by atoms with E-state index in [1.54, 1.807) is 6.20 Å². The lowest BCUT2D eigenvalue weighted by Gasteiger charge is -2.00. The Bertz CT molecular complexity index is 249. The van der Waals surface area contributed by atoms with Gasteiger partial charge in [0.2, 0.25) is 0 Å². The maximum atomic E-state index is 5.50. The zero-order valence-corrected chi connectivity index (χ0v) is 7.63. The van der Waals surface area contributed by atoms with Crippen LogP contribution in [0.2, 0.25) is 0 Å². The molecule has 0 bridgehead atoms. The van der Waals surface area contributed by atoms with E-state index in [9.17, 15) is 0 Å². The van der Waals surface area contributed by atoms with Crippen LogP contribution in [-0.2, 0) is 6.42 Å². The first-order valence-electron chi connectivity index (χ1n) is 3.34. The summed E-state index contributed by atoms with van der Waals surface area (Å²) in [6.07, 6.45) is 2.58. The van der Waals surface area contributed by atoms with Crippen molar-refractivity contribution >= 4 is 21.7 Å². The highest BCUT2D eigenvalue weighted by Crippen LogP contribution is 2.17. The van der Waals surface area contributed by atoms with Gasteiger partial charge in [0.25, 0.3) is 0 Å². The van der Waals surface area contributed by atoms with E-state index in [1.165, 1.54) is 0 Å². The quantitative estimate of drug-likeness (QED) is 0.772. The van der Waals surface area contributed by atoms with E-state index in [-0.39, 0.29) is 0 Å². The molecular weight excluding hydrogens is 206 g/mol. The van der Waals surface area contributed by atoms with Crippen LogP contribution in [0, 0.1) is 0 Å². The first-order valence-corrected chi connectivity index (χ1v) is 4.13. The Morgan fingerprint density at radius 1 is 1.55 bits per heavy atom. The van der Waals surface area contributed by atoms with E-state index in [2.05, 4.69) is 20.9 Å². The summed E-state index contributed by atoms with van der Waals surface area (Å²) in [6, 6.07) is 1.94. The third-order valence-corrected chi connectivity index (χ3v) is 1.99. The number of nitrogens with zero attached hydrogens (tertiary/aromatic N) is 1. The minimum absolute atomic E-state index is 0.519. The second kappa shape index (κ2) is 3.69. The predicted molar refractivity (Wildman–Crippen MR) is 49.1 cm³/mol. The third kappa shape index (κ3) is 2.17. The summed E-state index contributed by atoms with van der Waals surface area (Å²) in [6.45, 7) is 0.637. The second-order valence-corrected chi connectivity index (χ2v) is 3.10. The van der Waals surface area contributed by atoms with Gasteiger partial charge in [-0.15, -0.1) is 0 Å². The SMILES string of the molecule is NCCc1cnc(N)c(Br)c1. The van der Waals surface area contributed by atoms with Gasteiger partial charge in [-0.3, -0.25) is 0 Å². The Morgan fingerprint density at radius 3 is 2.82 bits per heavy atom. The Morgan fingerprint density at radius 2 is 2.27 bits per heavy atom. The molecule has 1 heterocycles. The van der Waals surface area contributed by atoms with Crippen LogP contribution < -0.4 is 11.5 Å². The van der Waals surface area contributed by atoms with Gasteiger partial charge in [-0.25, -0.2) is 4.98 Å². The van der Waals surface area contributed by atoms with E-state index in [0.29, 0.717) is 12.4 Å². The minimum atomic E-state index is 0.519. The van der Waals surface area contributed by atoms with Crippen molar-refractivity contribution in [2.75, 3.05) is 12.3 Å². The molecule has 1 aromatic heterocycles. The van der Waals surface area contributed by atoms with Crippen LogP contribution in [0.4, 0.5) is 5.82 Å². The fraction of sp³-hybridized carbons (Fsp3) is 0.286. The van der Waals surface area contributed by atoms with E-state index in [0.717, 1.165) is 16.5 Å². The Labute approximate surface area is 73.9 Å². The number of anilines is 1. The molecule has 0 spiro atoms. The van der Waals surface area contributed by atoms with Crippen LogP contribution in [0.25, 0.3) is 0 Å². The summed E-state index contributed by atoms with van der Waals surface area (Å²) in [7, 11) is 0. The number of hydrogen-bond acceptors (Lipinski definition) is 3. The number of rotatable bonds is 2. The highest BCUT2D eigenvalue weighted by molar-refractivity contribution is 9.10. The van der Waals surface area contributed by atoms with Crippen LogP contribution >= 0.6 is 15.9 Å². The molecule has 4 heteroatoms. The van der Waals surface area contributed by atoms with Gasteiger partial charge in [0.1, 0.15) is 5.82 Å². The molecular formula is C7H10BrN3. The summed E-state index contributed by atoms with van der Waals surface area (Å²) < 4.78 is 0.837. The standard InChI is InChI=1S/C7H10BrN3/c8-6-3-5(1-2-9)4-11-7(6)10/h3-4H,1-2,9H2,(H2,10,11). The molecule has 60 valence electrons. The van der Waals surface area contributed by atoms with E-state index < -0.39 is 0 Å². The number of nitrogens with two attached hydrogens (primary N) is 2. The third-order valence-electron chi connectivity index (χ3n) is 1.36. The van der Waals surface area contributed by atoms with Crippen molar-refractivity contribution in [1.29, 1.82) is 0 Å². The molecule has 11 heavy (non-hydrogen) atoms. The van der Waals surface area contributed by atoms with E-state index in [1.807, 2.05) is 6.07 Å². The lowest BCUT2D eigenvalue weighted by Crippen LogP contribution is -2.03. The molecule has 0 aliphatic carbocycles. The number of aromatic nitrogens is 1. The van der Waals surface area contributed by atoms with Crippen molar-refractivity contribution in [2.24, 2.45) is 5.73 Å². The number of nitrogen functional groups attached to an aromatic ring is 1. The van der Waals surface area contributed by atoms with Crippen molar-refractivity contribution in [3.63, 3.8) is 0 Å². The Kier molecular flexibility index (Phi) is 2.84. The van der Waals surface area contributed by atoms with Gasteiger partial charge in [0.15, 0.2) is 0 Å². The summed E-state index contributed by atoms with van der Waals surface area (Å²) >= 11 is 3.29. The van der Waals surface area contributed by atoms with Gasteiger partial charge < -0.3 is 11.5 Å². The number of pyridine rings is 1. The number of hydrogen-bond donors (Lipinski definition) is 2. The summed E-state index contributed by atoms with van der Waals surface area (Å²) in [5.74, 6) is 0.519. The highest BCUT2D eigenvalue weighted by atomic mass is 79.9. The van der Waals surface area contributed by atoms with Gasteiger partial charge in [-0.2, -0.15) is 0 Å².